The smallest absolute Gasteiger partial charge is 0.115 e. The first kappa shape index (κ1) is 25.4. The summed E-state index contributed by atoms with van der Waals surface area (Å²) in [4.78, 5) is 19.9. The highest BCUT2D eigenvalue weighted by molar-refractivity contribution is 7.36. The van der Waals surface area contributed by atoms with Crippen LogP contribution in [0.2, 0.25) is 0 Å². The Balaban J connectivity index is 0.000000311. The summed E-state index contributed by atoms with van der Waals surface area (Å²) in [5.74, 6) is 0.547. The lowest BCUT2D eigenvalue weighted by atomic mass is 9.78. The van der Waals surface area contributed by atoms with E-state index in [1.807, 2.05) is 24.3 Å². The molecule has 2 aromatic rings. The van der Waals surface area contributed by atoms with Crippen LogP contribution in [0.4, 0.5) is 0 Å². The molecule has 0 aliphatic heterocycles. The first-order valence-electron chi connectivity index (χ1n) is 10.1. The number of unbranched alkanes of at least 4 members (excludes halogenated alkanes) is 5. The van der Waals surface area contributed by atoms with E-state index in [4.69, 9.17) is 0 Å². The van der Waals surface area contributed by atoms with Crippen molar-refractivity contribution in [1.82, 2.24) is 0 Å². The molecule has 2 aromatic carbocycles. The number of rotatable bonds is 10. The molecule has 162 valence electrons. The highest BCUT2D eigenvalue weighted by Crippen LogP contribution is 2.32. The van der Waals surface area contributed by atoms with Gasteiger partial charge in [-0.2, -0.15) is 8.60 Å². The number of hydrogen-bond donors (Lipinski definition) is 2. The van der Waals surface area contributed by atoms with Crippen molar-refractivity contribution < 1.29 is 24.5 Å². The van der Waals surface area contributed by atoms with Gasteiger partial charge >= 0.3 is 0 Å². The molecule has 0 fully saturated rings. The third-order valence-electron chi connectivity index (χ3n) is 4.87. The van der Waals surface area contributed by atoms with Gasteiger partial charge in [-0.3, -0.25) is 0 Å². The van der Waals surface area contributed by atoms with E-state index in [2.05, 4.69) is 25.3 Å². The minimum absolute atomic E-state index is 0.151. The Morgan fingerprint density at radius 1 is 0.759 bits per heavy atom. The molecule has 29 heavy (non-hydrogen) atoms. The van der Waals surface area contributed by atoms with Crippen molar-refractivity contribution in [3.05, 3.63) is 59.7 Å². The molecular formula is C23H33O5P-2. The molecular weight excluding hydrogens is 387 g/mol. The molecule has 0 amide bonds. The van der Waals surface area contributed by atoms with Gasteiger partial charge in [-0.15, -0.1) is 0 Å². The van der Waals surface area contributed by atoms with E-state index in [0.717, 1.165) is 24.0 Å². The molecule has 0 aliphatic carbocycles. The summed E-state index contributed by atoms with van der Waals surface area (Å²) >= 11 is 0. The maximum absolute atomic E-state index is 9.95. The van der Waals surface area contributed by atoms with Crippen molar-refractivity contribution in [1.29, 1.82) is 0 Å². The Morgan fingerprint density at radius 2 is 1.17 bits per heavy atom. The van der Waals surface area contributed by atoms with E-state index < -0.39 is 8.60 Å². The van der Waals surface area contributed by atoms with Crippen LogP contribution >= 0.6 is 8.60 Å². The molecule has 0 atom stereocenters. The standard InChI is InChI=1S/C15H16O2.C8H17O3P/c1-15(2,11-3-7-13(16)8-4-11)12-5-9-14(17)10-6-12;1-2-3-4-5-6-7-8-11-12(9)10/h3-10,16-17H,1-2H3;2-8H2,1H3/q;-2. The average Bonchev–Trinajstić information content (AvgIpc) is 2.68. The fourth-order valence-corrected chi connectivity index (χ4v) is 3.22. The van der Waals surface area contributed by atoms with Crippen molar-refractivity contribution in [2.45, 2.75) is 64.7 Å². The summed E-state index contributed by atoms with van der Waals surface area (Å²) in [5.41, 5.74) is 2.10. The molecule has 0 radical (unpaired) electrons. The van der Waals surface area contributed by atoms with Gasteiger partial charge in [0, 0.05) is 12.0 Å². The van der Waals surface area contributed by atoms with Crippen LogP contribution in [0.15, 0.2) is 48.5 Å². The minimum atomic E-state index is -2.63. The quantitative estimate of drug-likeness (QED) is 0.428. The molecule has 2 rings (SSSR count). The SMILES string of the molecule is CC(C)(c1ccc(O)cc1)c1ccc(O)cc1.CCCCCCCCOP([O-])[O-]. The topological polar surface area (TPSA) is 95.8 Å². The molecule has 0 saturated carbocycles. The van der Waals surface area contributed by atoms with Gasteiger partial charge in [0.2, 0.25) is 0 Å². The fourth-order valence-electron chi connectivity index (χ4n) is 2.94. The molecule has 6 heteroatoms. The predicted molar refractivity (Wildman–Crippen MR) is 115 cm³/mol. The second kappa shape index (κ2) is 13.6. The van der Waals surface area contributed by atoms with E-state index in [9.17, 15) is 20.0 Å². The van der Waals surface area contributed by atoms with Crippen molar-refractivity contribution in [3.8, 4) is 11.5 Å². The van der Waals surface area contributed by atoms with Crippen LogP contribution in [0.1, 0.15) is 70.4 Å². The van der Waals surface area contributed by atoms with Crippen LogP contribution in [0.25, 0.3) is 0 Å². The maximum atomic E-state index is 9.95. The van der Waals surface area contributed by atoms with Crippen LogP contribution in [-0.4, -0.2) is 16.8 Å². The van der Waals surface area contributed by atoms with Crippen molar-refractivity contribution in [2.75, 3.05) is 6.61 Å². The summed E-state index contributed by atoms with van der Waals surface area (Å²) < 4.78 is 4.40. The van der Waals surface area contributed by atoms with E-state index in [1.165, 1.54) is 25.7 Å². The highest BCUT2D eigenvalue weighted by atomic mass is 31.2. The zero-order valence-electron chi connectivity index (χ0n) is 17.6. The number of aromatic hydroxyl groups is 2. The van der Waals surface area contributed by atoms with Gasteiger partial charge in [0.15, 0.2) is 0 Å². The second-order valence-electron chi connectivity index (χ2n) is 7.54. The monoisotopic (exact) mass is 420 g/mol. The van der Waals surface area contributed by atoms with Crippen LogP contribution in [-0.2, 0) is 9.94 Å². The molecule has 0 spiro atoms. The summed E-state index contributed by atoms with van der Waals surface area (Å²) in [6.45, 7) is 6.76. The molecule has 0 bridgehead atoms. The third kappa shape index (κ3) is 10.1. The van der Waals surface area contributed by atoms with E-state index in [1.54, 1.807) is 24.3 Å². The van der Waals surface area contributed by atoms with E-state index in [0.29, 0.717) is 6.61 Å². The Morgan fingerprint density at radius 3 is 1.59 bits per heavy atom. The minimum Gasteiger partial charge on any atom is -0.820 e. The van der Waals surface area contributed by atoms with E-state index in [-0.39, 0.29) is 16.9 Å². The zero-order chi connectivity index (χ0) is 21.7. The summed E-state index contributed by atoms with van der Waals surface area (Å²) in [6.07, 6.45) is 6.88. The Hall–Kier alpha value is -1.65. The van der Waals surface area contributed by atoms with Crippen LogP contribution in [0, 0.1) is 0 Å². The molecule has 0 saturated heterocycles. The van der Waals surface area contributed by atoms with Gasteiger partial charge in [0.25, 0.3) is 0 Å². The van der Waals surface area contributed by atoms with Crippen molar-refractivity contribution >= 4 is 8.60 Å². The number of hydrogen-bond acceptors (Lipinski definition) is 5. The molecule has 5 nitrogen and oxygen atoms in total. The molecule has 0 heterocycles. The molecule has 0 aromatic heterocycles. The van der Waals surface area contributed by atoms with Crippen LogP contribution in [0.3, 0.4) is 0 Å². The Kier molecular flexibility index (Phi) is 11.9. The zero-order valence-corrected chi connectivity index (χ0v) is 18.5. The molecule has 2 N–H and O–H groups in total. The van der Waals surface area contributed by atoms with Gasteiger partial charge in [-0.1, -0.05) is 77.1 Å². The van der Waals surface area contributed by atoms with Gasteiger partial charge in [-0.25, -0.2) is 0 Å². The lowest BCUT2D eigenvalue weighted by molar-refractivity contribution is -0.318. The fraction of sp³-hybridized carbons (Fsp3) is 0.478. The third-order valence-corrected chi connectivity index (χ3v) is 5.27. The highest BCUT2D eigenvalue weighted by Gasteiger charge is 2.22. The molecule has 0 unspecified atom stereocenters. The van der Waals surface area contributed by atoms with Crippen LogP contribution < -0.4 is 9.79 Å². The summed E-state index contributed by atoms with van der Waals surface area (Å²) in [6, 6.07) is 14.4. The van der Waals surface area contributed by atoms with Gasteiger partial charge < -0.3 is 24.5 Å². The van der Waals surface area contributed by atoms with Crippen LogP contribution in [0.5, 0.6) is 11.5 Å². The number of benzene rings is 2. The van der Waals surface area contributed by atoms with Crippen molar-refractivity contribution in [3.63, 3.8) is 0 Å². The number of phenolic OH excluding ortho intramolecular Hbond substituents is 2. The summed E-state index contributed by atoms with van der Waals surface area (Å²) in [5, 5.41) is 18.6. The lowest BCUT2D eigenvalue weighted by Gasteiger charge is -2.28. The van der Waals surface area contributed by atoms with Gasteiger partial charge in [-0.05, 0) is 41.8 Å². The molecule has 0 aliphatic rings. The Labute approximate surface area is 176 Å². The first-order valence-corrected chi connectivity index (χ1v) is 11.2. The second-order valence-corrected chi connectivity index (χ2v) is 8.25. The van der Waals surface area contributed by atoms with Gasteiger partial charge in [0.1, 0.15) is 11.5 Å². The first-order chi connectivity index (χ1) is 13.8. The number of phenols is 2. The van der Waals surface area contributed by atoms with Gasteiger partial charge in [0.05, 0.1) is 0 Å². The predicted octanol–water partition coefficient (Wildman–Crippen LogP) is 4.73. The van der Waals surface area contributed by atoms with E-state index >= 15 is 0 Å². The lowest BCUT2D eigenvalue weighted by Crippen LogP contribution is -2.18. The maximum Gasteiger partial charge on any atom is 0.115 e. The Bertz CT molecular complexity index is 621. The normalized spacial score (nSPS) is 11.2. The van der Waals surface area contributed by atoms with Crippen molar-refractivity contribution in [2.24, 2.45) is 0 Å². The largest absolute Gasteiger partial charge is 0.820 e. The average molecular weight is 420 g/mol. The summed E-state index contributed by atoms with van der Waals surface area (Å²) in [7, 11) is -2.63.